The van der Waals surface area contributed by atoms with Gasteiger partial charge in [0.05, 0.1) is 12.0 Å². The summed E-state index contributed by atoms with van der Waals surface area (Å²) in [4.78, 5) is 24.6. The minimum atomic E-state index is -0.253. The zero-order chi connectivity index (χ0) is 18.7. The maximum absolute atomic E-state index is 13.2. The van der Waals surface area contributed by atoms with Gasteiger partial charge in [-0.3, -0.25) is 9.69 Å². The number of carbonyl (C=O) groups excluding carboxylic acids is 1. The van der Waals surface area contributed by atoms with Crippen molar-refractivity contribution in [1.29, 1.82) is 0 Å². The number of benzene rings is 1. The van der Waals surface area contributed by atoms with Crippen LogP contribution in [0, 0.1) is 18.7 Å². The third kappa shape index (κ3) is 4.30. The lowest BCUT2D eigenvalue weighted by molar-refractivity contribution is -0.134. The number of hydrogen-bond acceptors (Lipinski definition) is 3. The van der Waals surface area contributed by atoms with Gasteiger partial charge in [0.15, 0.2) is 0 Å². The van der Waals surface area contributed by atoms with E-state index in [0.29, 0.717) is 18.9 Å². The quantitative estimate of drug-likeness (QED) is 0.893. The van der Waals surface area contributed by atoms with E-state index in [-0.39, 0.29) is 17.8 Å². The van der Waals surface area contributed by atoms with E-state index in [1.807, 2.05) is 11.8 Å². The maximum atomic E-state index is 13.2. The van der Waals surface area contributed by atoms with Crippen molar-refractivity contribution in [3.8, 4) is 0 Å². The molecule has 1 amide bonds. The summed E-state index contributed by atoms with van der Waals surface area (Å²) in [6.45, 7) is 9.14. The minimum absolute atomic E-state index is 0.120. The molecule has 1 aliphatic heterocycles. The Balaban J connectivity index is 1.77. The molecule has 2 heterocycles. The Morgan fingerprint density at radius 2 is 2.00 bits per heavy atom. The average molecular weight is 358 g/mol. The summed E-state index contributed by atoms with van der Waals surface area (Å²) in [7, 11) is 0. The molecule has 0 bridgehead atoms. The van der Waals surface area contributed by atoms with Gasteiger partial charge in [-0.15, -0.1) is 0 Å². The van der Waals surface area contributed by atoms with E-state index in [9.17, 15) is 9.18 Å². The van der Waals surface area contributed by atoms with Crippen molar-refractivity contribution in [2.75, 3.05) is 13.1 Å². The first-order valence-corrected chi connectivity index (χ1v) is 9.19. The van der Waals surface area contributed by atoms with Crippen LogP contribution in [-0.4, -0.2) is 44.8 Å². The van der Waals surface area contributed by atoms with Crippen LogP contribution in [-0.2, 0) is 17.9 Å². The number of rotatable bonds is 5. The van der Waals surface area contributed by atoms with Crippen molar-refractivity contribution in [3.05, 3.63) is 53.4 Å². The number of imidazole rings is 1. The van der Waals surface area contributed by atoms with E-state index >= 15 is 0 Å². The monoisotopic (exact) mass is 358 g/mol. The second-order valence-electron chi connectivity index (χ2n) is 7.42. The fourth-order valence-corrected chi connectivity index (χ4v) is 3.50. The highest BCUT2D eigenvalue weighted by Crippen LogP contribution is 2.22. The smallest absolute Gasteiger partial charge is 0.224 e. The highest BCUT2D eigenvalue weighted by Gasteiger charge is 2.32. The number of amides is 1. The maximum Gasteiger partial charge on any atom is 0.224 e. The molecule has 0 aliphatic carbocycles. The molecule has 1 fully saturated rings. The Hall–Kier alpha value is -2.21. The number of nitrogens with zero attached hydrogens (tertiary/aromatic N) is 3. The van der Waals surface area contributed by atoms with Crippen LogP contribution < -0.4 is 0 Å². The van der Waals surface area contributed by atoms with Gasteiger partial charge in [-0.2, -0.15) is 0 Å². The Labute approximate surface area is 154 Å². The molecule has 0 radical (unpaired) electrons. The normalized spacial score (nSPS) is 19.2. The van der Waals surface area contributed by atoms with Crippen molar-refractivity contribution in [3.63, 3.8) is 0 Å². The summed E-state index contributed by atoms with van der Waals surface area (Å²) in [5.74, 6) is 0.242. The molecule has 1 N–H and O–H groups in total. The number of carbonyl (C=O) groups is 1. The van der Waals surface area contributed by atoms with Gasteiger partial charge in [0, 0.05) is 44.3 Å². The molecule has 0 saturated carbocycles. The van der Waals surface area contributed by atoms with Gasteiger partial charge in [-0.25, -0.2) is 9.37 Å². The summed E-state index contributed by atoms with van der Waals surface area (Å²) < 4.78 is 13.2. The second kappa shape index (κ2) is 7.99. The standard InChI is InChI=1S/C20H27FN4O/c1-14(2)19-12-24(11-18-15(3)22-13-23-18)9-8-20(26)25(19)10-16-4-6-17(21)7-5-16/h4-7,13-14,19H,8-12H2,1-3H3,(H,22,23). The summed E-state index contributed by atoms with van der Waals surface area (Å²) >= 11 is 0. The highest BCUT2D eigenvalue weighted by molar-refractivity contribution is 5.77. The summed E-state index contributed by atoms with van der Waals surface area (Å²) in [5.41, 5.74) is 3.07. The van der Waals surface area contributed by atoms with Gasteiger partial charge in [-0.05, 0) is 30.5 Å². The lowest BCUT2D eigenvalue weighted by Crippen LogP contribution is -2.45. The molecule has 1 aliphatic rings. The third-order valence-electron chi connectivity index (χ3n) is 5.15. The molecule has 1 saturated heterocycles. The molecule has 0 spiro atoms. The topological polar surface area (TPSA) is 52.2 Å². The summed E-state index contributed by atoms with van der Waals surface area (Å²) in [6, 6.07) is 6.55. The Kier molecular flexibility index (Phi) is 5.71. The molecule has 2 aromatic rings. The number of H-pyrrole nitrogens is 1. The van der Waals surface area contributed by atoms with Crippen LogP contribution in [0.1, 0.15) is 37.2 Å². The molecule has 6 heteroatoms. The van der Waals surface area contributed by atoms with Crippen molar-refractivity contribution in [2.45, 2.75) is 46.3 Å². The Morgan fingerprint density at radius 1 is 1.27 bits per heavy atom. The van der Waals surface area contributed by atoms with Crippen LogP contribution in [0.25, 0.3) is 0 Å². The van der Waals surface area contributed by atoms with Gasteiger partial charge < -0.3 is 9.88 Å². The predicted octanol–water partition coefficient (Wildman–Crippen LogP) is 3.12. The van der Waals surface area contributed by atoms with Crippen molar-refractivity contribution < 1.29 is 9.18 Å². The first kappa shape index (κ1) is 18.6. The third-order valence-corrected chi connectivity index (χ3v) is 5.15. The largest absolute Gasteiger partial charge is 0.348 e. The van der Waals surface area contributed by atoms with Gasteiger partial charge in [0.2, 0.25) is 5.91 Å². The fraction of sp³-hybridized carbons (Fsp3) is 0.500. The fourth-order valence-electron chi connectivity index (χ4n) is 3.50. The number of halogens is 1. The molecule has 5 nitrogen and oxygen atoms in total. The molecule has 140 valence electrons. The Morgan fingerprint density at radius 3 is 2.62 bits per heavy atom. The molecule has 1 aromatic heterocycles. The Bertz CT molecular complexity index is 741. The molecule has 1 aromatic carbocycles. The molecule has 1 atom stereocenters. The van der Waals surface area contributed by atoms with Gasteiger partial charge >= 0.3 is 0 Å². The van der Waals surface area contributed by atoms with Crippen molar-refractivity contribution in [1.82, 2.24) is 19.8 Å². The van der Waals surface area contributed by atoms with Crippen molar-refractivity contribution >= 4 is 5.91 Å². The molecule has 1 unspecified atom stereocenters. The van der Waals surface area contributed by atoms with Crippen LogP contribution in [0.2, 0.25) is 0 Å². The summed E-state index contributed by atoms with van der Waals surface area (Å²) in [5, 5.41) is 0. The van der Waals surface area contributed by atoms with Crippen LogP contribution in [0.3, 0.4) is 0 Å². The van der Waals surface area contributed by atoms with E-state index < -0.39 is 0 Å². The van der Waals surface area contributed by atoms with Crippen LogP contribution in [0.15, 0.2) is 30.6 Å². The highest BCUT2D eigenvalue weighted by atomic mass is 19.1. The van der Waals surface area contributed by atoms with E-state index in [1.165, 1.54) is 12.1 Å². The minimum Gasteiger partial charge on any atom is -0.348 e. The van der Waals surface area contributed by atoms with Crippen molar-refractivity contribution in [2.24, 2.45) is 5.92 Å². The van der Waals surface area contributed by atoms with E-state index in [4.69, 9.17) is 0 Å². The number of hydrogen-bond donors (Lipinski definition) is 1. The first-order valence-electron chi connectivity index (χ1n) is 9.19. The molecular weight excluding hydrogens is 331 g/mol. The molecular formula is C20H27FN4O. The van der Waals surface area contributed by atoms with E-state index in [0.717, 1.165) is 36.6 Å². The lowest BCUT2D eigenvalue weighted by atomic mass is 10.0. The SMILES string of the molecule is Cc1[nH]cnc1CN1CCC(=O)N(Cc2ccc(F)cc2)C(C(C)C)C1. The van der Waals surface area contributed by atoms with E-state index in [1.54, 1.807) is 18.5 Å². The average Bonchev–Trinajstić information content (AvgIpc) is 2.94. The second-order valence-corrected chi connectivity index (χ2v) is 7.42. The molecule has 26 heavy (non-hydrogen) atoms. The molecule has 3 rings (SSSR count). The van der Waals surface area contributed by atoms with Crippen LogP contribution in [0.4, 0.5) is 4.39 Å². The predicted molar refractivity (Wildman–Crippen MR) is 98.8 cm³/mol. The lowest BCUT2D eigenvalue weighted by Gasteiger charge is -2.34. The first-order chi connectivity index (χ1) is 12.4. The number of aromatic amines is 1. The zero-order valence-electron chi connectivity index (χ0n) is 15.7. The van der Waals surface area contributed by atoms with Gasteiger partial charge in [0.25, 0.3) is 0 Å². The summed E-state index contributed by atoms with van der Waals surface area (Å²) in [6.07, 6.45) is 2.21. The van der Waals surface area contributed by atoms with Gasteiger partial charge in [-0.1, -0.05) is 26.0 Å². The zero-order valence-corrected chi connectivity index (χ0v) is 15.7. The van der Waals surface area contributed by atoms with Gasteiger partial charge in [0.1, 0.15) is 5.82 Å². The number of nitrogens with one attached hydrogen (secondary N) is 1. The van der Waals surface area contributed by atoms with Crippen LogP contribution >= 0.6 is 0 Å². The number of aromatic nitrogens is 2. The van der Waals surface area contributed by atoms with E-state index in [2.05, 4.69) is 28.7 Å². The number of aryl methyl sites for hydroxylation is 1. The van der Waals surface area contributed by atoms with Crippen LogP contribution in [0.5, 0.6) is 0 Å².